The van der Waals surface area contributed by atoms with E-state index in [-0.39, 0.29) is 5.92 Å². The van der Waals surface area contributed by atoms with E-state index in [1.54, 1.807) is 35.7 Å². The van der Waals surface area contributed by atoms with Crippen LogP contribution < -0.4 is 4.74 Å². The number of aromatic nitrogens is 2. The van der Waals surface area contributed by atoms with Crippen LogP contribution in [0.15, 0.2) is 33.7 Å². The minimum absolute atomic E-state index is 0.198. The Hall–Kier alpha value is -1.93. The molecular weight excluding hydrogens is 354 g/mol. The highest BCUT2D eigenvalue weighted by molar-refractivity contribution is 7.89. The number of piperidine rings is 1. The Kier molecular flexibility index (Phi) is 4.71. The van der Waals surface area contributed by atoms with Gasteiger partial charge in [-0.3, -0.25) is 0 Å². The second-order valence-electron chi connectivity index (χ2n) is 7.07. The molecule has 2 aliphatic rings. The maximum atomic E-state index is 12.9. The molecule has 1 aromatic heterocycles. The van der Waals surface area contributed by atoms with Gasteiger partial charge in [-0.25, -0.2) is 8.42 Å². The Bertz CT molecular complexity index is 859. The highest BCUT2D eigenvalue weighted by Gasteiger charge is 2.32. The summed E-state index contributed by atoms with van der Waals surface area (Å²) in [5, 5.41) is 4.05. The average Bonchev–Trinajstić information content (AvgIpc) is 3.42. The van der Waals surface area contributed by atoms with Crippen molar-refractivity contribution in [3.8, 4) is 5.75 Å². The molecule has 140 valence electrons. The van der Waals surface area contributed by atoms with Gasteiger partial charge < -0.3 is 9.26 Å². The van der Waals surface area contributed by atoms with Gasteiger partial charge in [0.05, 0.1) is 12.0 Å². The minimum atomic E-state index is -3.50. The molecule has 26 heavy (non-hydrogen) atoms. The van der Waals surface area contributed by atoms with Crippen molar-refractivity contribution in [1.29, 1.82) is 0 Å². The van der Waals surface area contributed by atoms with Crippen LogP contribution >= 0.6 is 0 Å². The largest absolute Gasteiger partial charge is 0.497 e. The maximum absolute atomic E-state index is 12.9. The van der Waals surface area contributed by atoms with Gasteiger partial charge in [-0.15, -0.1) is 0 Å². The number of benzene rings is 1. The van der Waals surface area contributed by atoms with Crippen LogP contribution in [0.4, 0.5) is 0 Å². The molecule has 2 heterocycles. The first kappa shape index (κ1) is 17.5. The number of ether oxygens (including phenoxy) is 1. The Balaban J connectivity index is 1.44. The van der Waals surface area contributed by atoms with Crippen LogP contribution in [0.2, 0.25) is 0 Å². The van der Waals surface area contributed by atoms with Crippen molar-refractivity contribution in [2.75, 3.05) is 20.2 Å². The SMILES string of the molecule is COc1ccc(S(=O)(=O)N2CCCC(Cc3nc(C4CC4)no3)C2)cc1. The molecule has 0 amide bonds. The van der Waals surface area contributed by atoms with E-state index in [1.165, 1.54) is 0 Å². The summed E-state index contributed by atoms with van der Waals surface area (Å²) in [4.78, 5) is 4.77. The average molecular weight is 377 g/mol. The van der Waals surface area contributed by atoms with Gasteiger partial charge in [0.1, 0.15) is 5.75 Å². The summed E-state index contributed by atoms with van der Waals surface area (Å²) in [6.45, 7) is 1.03. The molecular formula is C18H23N3O4S. The van der Waals surface area contributed by atoms with Crippen LogP contribution in [-0.4, -0.2) is 43.1 Å². The number of methoxy groups -OCH3 is 1. The van der Waals surface area contributed by atoms with E-state index in [0.717, 1.165) is 31.5 Å². The van der Waals surface area contributed by atoms with E-state index in [1.807, 2.05) is 0 Å². The fourth-order valence-electron chi connectivity index (χ4n) is 3.41. The third-order valence-corrected chi connectivity index (χ3v) is 6.95. The first-order valence-electron chi connectivity index (χ1n) is 9.03. The molecule has 2 aromatic rings. The molecule has 1 atom stereocenters. The molecule has 1 saturated carbocycles. The van der Waals surface area contributed by atoms with Gasteiger partial charge in [0.2, 0.25) is 15.9 Å². The van der Waals surface area contributed by atoms with Crippen LogP contribution in [0.25, 0.3) is 0 Å². The van der Waals surface area contributed by atoms with E-state index < -0.39 is 10.0 Å². The van der Waals surface area contributed by atoms with Crippen LogP contribution in [0.1, 0.15) is 43.3 Å². The van der Waals surface area contributed by atoms with E-state index in [9.17, 15) is 8.42 Å². The van der Waals surface area contributed by atoms with Gasteiger partial charge in [-0.2, -0.15) is 9.29 Å². The fourth-order valence-corrected chi connectivity index (χ4v) is 4.97. The van der Waals surface area contributed by atoms with Gasteiger partial charge in [0.25, 0.3) is 0 Å². The van der Waals surface area contributed by atoms with Crippen molar-refractivity contribution >= 4 is 10.0 Å². The lowest BCUT2D eigenvalue weighted by molar-refractivity contribution is 0.246. The van der Waals surface area contributed by atoms with Crippen LogP contribution in [0, 0.1) is 5.92 Å². The molecule has 0 bridgehead atoms. The highest BCUT2D eigenvalue weighted by Crippen LogP contribution is 2.38. The van der Waals surface area contributed by atoms with Crippen LogP contribution in [-0.2, 0) is 16.4 Å². The number of nitrogens with zero attached hydrogens (tertiary/aromatic N) is 3. The standard InChI is InChI=1S/C18H23N3O4S/c1-24-15-6-8-16(9-7-15)26(22,23)21-10-2-3-13(12-21)11-17-19-18(20-25-17)14-4-5-14/h6-9,13-14H,2-5,10-12H2,1H3. The molecule has 8 heteroatoms. The molecule has 1 unspecified atom stereocenters. The number of sulfonamides is 1. The fraction of sp³-hybridized carbons (Fsp3) is 0.556. The van der Waals surface area contributed by atoms with Crippen LogP contribution in [0.3, 0.4) is 0 Å². The summed E-state index contributed by atoms with van der Waals surface area (Å²) in [6, 6.07) is 6.54. The zero-order valence-electron chi connectivity index (χ0n) is 14.8. The summed E-state index contributed by atoms with van der Waals surface area (Å²) in [5.74, 6) is 2.73. The van der Waals surface area contributed by atoms with Gasteiger partial charge in [0.15, 0.2) is 5.82 Å². The van der Waals surface area contributed by atoms with Crippen molar-refractivity contribution < 1.29 is 17.7 Å². The lowest BCUT2D eigenvalue weighted by atomic mass is 9.96. The van der Waals surface area contributed by atoms with Crippen molar-refractivity contribution in [2.45, 2.75) is 42.9 Å². The van der Waals surface area contributed by atoms with Gasteiger partial charge in [-0.05, 0) is 55.9 Å². The van der Waals surface area contributed by atoms with Crippen LogP contribution in [0.5, 0.6) is 5.75 Å². The van der Waals surface area contributed by atoms with Crippen molar-refractivity contribution in [1.82, 2.24) is 14.4 Å². The molecule has 1 aliphatic carbocycles. The van der Waals surface area contributed by atoms with Crippen molar-refractivity contribution in [3.05, 3.63) is 36.0 Å². The normalized spacial score (nSPS) is 21.7. The second kappa shape index (κ2) is 7.00. The zero-order valence-corrected chi connectivity index (χ0v) is 15.6. The Labute approximate surface area is 153 Å². The van der Waals surface area contributed by atoms with Gasteiger partial charge in [-0.1, -0.05) is 5.16 Å². The van der Waals surface area contributed by atoms with E-state index >= 15 is 0 Å². The predicted molar refractivity (Wildman–Crippen MR) is 94.5 cm³/mol. The molecule has 4 rings (SSSR count). The highest BCUT2D eigenvalue weighted by atomic mass is 32.2. The molecule has 0 N–H and O–H groups in total. The Morgan fingerprint density at radius 2 is 2.00 bits per heavy atom. The number of rotatable bonds is 6. The Morgan fingerprint density at radius 3 is 2.69 bits per heavy atom. The summed E-state index contributed by atoms with van der Waals surface area (Å²) in [7, 11) is -1.94. The zero-order chi connectivity index (χ0) is 18.1. The molecule has 0 spiro atoms. The quantitative estimate of drug-likeness (QED) is 0.769. The van der Waals surface area contributed by atoms with Gasteiger partial charge >= 0.3 is 0 Å². The molecule has 1 saturated heterocycles. The smallest absolute Gasteiger partial charge is 0.243 e. The van der Waals surface area contributed by atoms with E-state index in [0.29, 0.717) is 42.0 Å². The van der Waals surface area contributed by atoms with Crippen molar-refractivity contribution in [3.63, 3.8) is 0 Å². The summed E-state index contributed by atoms with van der Waals surface area (Å²) in [6.07, 6.45) is 4.71. The topological polar surface area (TPSA) is 85.5 Å². The summed E-state index contributed by atoms with van der Waals surface area (Å²) in [5.41, 5.74) is 0. The maximum Gasteiger partial charge on any atom is 0.243 e. The number of hydrogen-bond acceptors (Lipinski definition) is 6. The molecule has 1 aromatic carbocycles. The Morgan fingerprint density at radius 1 is 1.23 bits per heavy atom. The predicted octanol–water partition coefficient (Wildman–Crippen LogP) is 2.60. The lowest BCUT2D eigenvalue weighted by Crippen LogP contribution is -2.40. The first-order chi connectivity index (χ1) is 12.6. The van der Waals surface area contributed by atoms with E-state index in [4.69, 9.17) is 9.26 Å². The van der Waals surface area contributed by atoms with Crippen molar-refractivity contribution in [2.24, 2.45) is 5.92 Å². The molecule has 0 radical (unpaired) electrons. The van der Waals surface area contributed by atoms with Gasteiger partial charge in [0, 0.05) is 25.4 Å². The number of hydrogen-bond donors (Lipinski definition) is 0. The lowest BCUT2D eigenvalue weighted by Gasteiger charge is -2.31. The summed E-state index contributed by atoms with van der Waals surface area (Å²) < 4.78 is 37.9. The molecule has 1 aliphatic heterocycles. The summed E-state index contributed by atoms with van der Waals surface area (Å²) >= 11 is 0. The van der Waals surface area contributed by atoms with E-state index in [2.05, 4.69) is 10.1 Å². The third kappa shape index (κ3) is 3.61. The molecule has 2 fully saturated rings. The third-order valence-electron chi connectivity index (χ3n) is 5.07. The minimum Gasteiger partial charge on any atom is -0.497 e. The second-order valence-corrected chi connectivity index (χ2v) is 9.01. The molecule has 7 nitrogen and oxygen atoms in total. The monoisotopic (exact) mass is 377 g/mol. The first-order valence-corrected chi connectivity index (χ1v) is 10.5.